The number of phenolic OH excluding ortho intramolecular Hbond substituents is 2. The molecule has 132 valence electrons. The van der Waals surface area contributed by atoms with Crippen LogP contribution in [0, 0.1) is 0 Å². The van der Waals surface area contributed by atoms with E-state index in [1.165, 1.54) is 6.21 Å². The Morgan fingerprint density at radius 3 is 2.26 bits per heavy atom. The van der Waals surface area contributed by atoms with Crippen molar-refractivity contribution in [2.45, 2.75) is 0 Å². The second-order valence-electron chi connectivity index (χ2n) is 6.14. The van der Waals surface area contributed by atoms with Crippen molar-refractivity contribution in [3.05, 3.63) is 83.9 Å². The van der Waals surface area contributed by atoms with Gasteiger partial charge in [0, 0.05) is 5.56 Å². The number of hydrogen-bond acceptors (Lipinski definition) is 4. The number of benzene rings is 4. The molecule has 1 amide bonds. The van der Waals surface area contributed by atoms with Crippen LogP contribution in [0.3, 0.4) is 0 Å². The number of rotatable bonds is 3. The van der Waals surface area contributed by atoms with E-state index in [4.69, 9.17) is 0 Å². The summed E-state index contributed by atoms with van der Waals surface area (Å²) in [5.41, 5.74) is 3.05. The van der Waals surface area contributed by atoms with Crippen LogP contribution in [0.15, 0.2) is 77.9 Å². The van der Waals surface area contributed by atoms with Crippen molar-refractivity contribution in [1.82, 2.24) is 5.43 Å². The van der Waals surface area contributed by atoms with Gasteiger partial charge < -0.3 is 10.2 Å². The first-order valence-corrected chi connectivity index (χ1v) is 8.39. The molecule has 0 radical (unpaired) electrons. The molecule has 4 rings (SSSR count). The Labute approximate surface area is 155 Å². The summed E-state index contributed by atoms with van der Waals surface area (Å²) < 4.78 is 0. The SMILES string of the molecule is O=C(N/N=C\c1c(O)ccc2ccccc12)c1cc2ccccc2cc1O. The lowest BCUT2D eigenvalue weighted by molar-refractivity contribution is 0.0952. The minimum absolute atomic E-state index is 0.0697. The third-order valence-corrected chi connectivity index (χ3v) is 4.42. The molecule has 0 aliphatic rings. The number of hydrazone groups is 1. The van der Waals surface area contributed by atoms with Crippen LogP contribution in [0.2, 0.25) is 0 Å². The van der Waals surface area contributed by atoms with Crippen LogP contribution in [0.1, 0.15) is 15.9 Å². The van der Waals surface area contributed by atoms with Gasteiger partial charge in [-0.25, -0.2) is 5.43 Å². The fourth-order valence-corrected chi connectivity index (χ4v) is 3.05. The maximum Gasteiger partial charge on any atom is 0.275 e. The number of nitrogens with zero attached hydrogens (tertiary/aromatic N) is 1. The van der Waals surface area contributed by atoms with E-state index in [9.17, 15) is 15.0 Å². The fraction of sp³-hybridized carbons (Fsp3) is 0. The van der Waals surface area contributed by atoms with Gasteiger partial charge >= 0.3 is 0 Å². The maximum absolute atomic E-state index is 12.4. The van der Waals surface area contributed by atoms with Crippen molar-refractivity contribution in [3.8, 4) is 11.5 Å². The molecule has 0 saturated carbocycles. The lowest BCUT2D eigenvalue weighted by Gasteiger charge is -2.07. The summed E-state index contributed by atoms with van der Waals surface area (Å²) >= 11 is 0. The average Bonchev–Trinajstić information content (AvgIpc) is 2.69. The molecule has 0 unspecified atom stereocenters. The van der Waals surface area contributed by atoms with Crippen LogP contribution in [-0.2, 0) is 0 Å². The summed E-state index contributed by atoms with van der Waals surface area (Å²) in [7, 11) is 0. The van der Waals surface area contributed by atoms with E-state index in [2.05, 4.69) is 10.5 Å². The third-order valence-electron chi connectivity index (χ3n) is 4.42. The summed E-state index contributed by atoms with van der Waals surface area (Å²) in [4.78, 5) is 12.4. The highest BCUT2D eigenvalue weighted by Crippen LogP contribution is 2.26. The minimum atomic E-state index is -0.533. The average molecular weight is 356 g/mol. The zero-order chi connectivity index (χ0) is 18.8. The van der Waals surface area contributed by atoms with Crippen LogP contribution >= 0.6 is 0 Å². The summed E-state index contributed by atoms with van der Waals surface area (Å²) in [5.74, 6) is -0.580. The van der Waals surface area contributed by atoms with E-state index in [1.807, 2.05) is 54.6 Å². The zero-order valence-corrected chi connectivity index (χ0v) is 14.3. The molecule has 0 aromatic heterocycles. The number of carbonyl (C=O) groups excluding carboxylic acids is 1. The number of amides is 1. The van der Waals surface area contributed by atoms with Crippen molar-refractivity contribution in [3.63, 3.8) is 0 Å². The zero-order valence-electron chi connectivity index (χ0n) is 14.3. The van der Waals surface area contributed by atoms with Gasteiger partial charge in [0.25, 0.3) is 5.91 Å². The number of hydrogen-bond donors (Lipinski definition) is 3. The van der Waals surface area contributed by atoms with Gasteiger partial charge in [-0.2, -0.15) is 5.10 Å². The minimum Gasteiger partial charge on any atom is -0.507 e. The highest BCUT2D eigenvalue weighted by molar-refractivity contribution is 6.04. The van der Waals surface area contributed by atoms with Gasteiger partial charge in [-0.05, 0) is 39.7 Å². The predicted molar refractivity (Wildman–Crippen MR) is 106 cm³/mol. The van der Waals surface area contributed by atoms with Gasteiger partial charge in [0.2, 0.25) is 0 Å². The van der Waals surface area contributed by atoms with Gasteiger partial charge in [0.1, 0.15) is 11.5 Å². The van der Waals surface area contributed by atoms with Gasteiger partial charge in [0.15, 0.2) is 0 Å². The van der Waals surface area contributed by atoms with E-state index in [-0.39, 0.29) is 17.1 Å². The van der Waals surface area contributed by atoms with E-state index in [1.54, 1.807) is 18.2 Å². The molecule has 0 aliphatic heterocycles. The molecular formula is C22H16N2O3. The summed E-state index contributed by atoms with van der Waals surface area (Å²) in [6.07, 6.45) is 1.40. The lowest BCUT2D eigenvalue weighted by Crippen LogP contribution is -2.17. The van der Waals surface area contributed by atoms with Gasteiger partial charge in [-0.3, -0.25) is 4.79 Å². The van der Waals surface area contributed by atoms with Crippen LogP contribution in [-0.4, -0.2) is 22.3 Å². The number of fused-ring (bicyclic) bond motifs is 2. The third kappa shape index (κ3) is 3.18. The number of nitrogens with one attached hydrogen (secondary N) is 1. The molecule has 5 heteroatoms. The van der Waals surface area contributed by atoms with E-state index in [0.29, 0.717) is 5.56 Å². The van der Waals surface area contributed by atoms with Crippen molar-refractivity contribution in [1.29, 1.82) is 0 Å². The Bertz CT molecular complexity index is 1200. The molecule has 0 fully saturated rings. The highest BCUT2D eigenvalue weighted by Gasteiger charge is 2.12. The molecule has 27 heavy (non-hydrogen) atoms. The Morgan fingerprint density at radius 1 is 0.815 bits per heavy atom. The van der Waals surface area contributed by atoms with Gasteiger partial charge in [0.05, 0.1) is 11.8 Å². The van der Waals surface area contributed by atoms with Crippen molar-refractivity contribution in [2.75, 3.05) is 0 Å². The molecule has 0 spiro atoms. The molecule has 3 N–H and O–H groups in total. The molecule has 4 aromatic rings. The molecule has 0 aliphatic carbocycles. The quantitative estimate of drug-likeness (QED) is 0.381. The van der Waals surface area contributed by atoms with Crippen molar-refractivity contribution >= 4 is 33.7 Å². The van der Waals surface area contributed by atoms with Gasteiger partial charge in [-0.1, -0.05) is 54.6 Å². The largest absolute Gasteiger partial charge is 0.507 e. The second kappa shape index (κ2) is 6.80. The number of aromatic hydroxyl groups is 2. The van der Waals surface area contributed by atoms with Crippen LogP contribution in [0.25, 0.3) is 21.5 Å². The first-order valence-electron chi connectivity index (χ1n) is 8.39. The van der Waals surface area contributed by atoms with E-state index >= 15 is 0 Å². The summed E-state index contributed by atoms with van der Waals surface area (Å²) in [6, 6.07) is 21.6. The summed E-state index contributed by atoms with van der Waals surface area (Å²) in [6.45, 7) is 0. The molecule has 0 heterocycles. The number of phenols is 2. The van der Waals surface area contributed by atoms with Crippen molar-refractivity contribution < 1.29 is 15.0 Å². The topological polar surface area (TPSA) is 81.9 Å². The van der Waals surface area contributed by atoms with E-state index < -0.39 is 5.91 Å². The molecule has 0 saturated heterocycles. The first kappa shape index (κ1) is 16.6. The maximum atomic E-state index is 12.4. The molecular weight excluding hydrogens is 340 g/mol. The Kier molecular flexibility index (Phi) is 4.18. The first-order chi connectivity index (χ1) is 13.1. The summed E-state index contributed by atoms with van der Waals surface area (Å²) in [5, 5.41) is 27.7. The molecule has 0 atom stereocenters. The highest BCUT2D eigenvalue weighted by atomic mass is 16.3. The van der Waals surface area contributed by atoms with E-state index in [0.717, 1.165) is 21.5 Å². The van der Waals surface area contributed by atoms with Crippen molar-refractivity contribution in [2.24, 2.45) is 5.10 Å². The number of carbonyl (C=O) groups is 1. The normalized spacial score (nSPS) is 11.3. The Hall–Kier alpha value is -3.86. The standard InChI is InChI=1S/C22H16N2O3/c25-20-10-9-14-5-3-4-8-17(14)19(20)13-23-24-22(27)18-11-15-6-1-2-7-16(15)12-21(18)26/h1-13,25-26H,(H,24,27)/b23-13-. The lowest BCUT2D eigenvalue weighted by atomic mass is 10.0. The second-order valence-corrected chi connectivity index (χ2v) is 6.14. The van der Waals surface area contributed by atoms with Gasteiger partial charge in [-0.15, -0.1) is 0 Å². The van der Waals surface area contributed by atoms with Crippen LogP contribution in [0.5, 0.6) is 11.5 Å². The van der Waals surface area contributed by atoms with Crippen LogP contribution in [0.4, 0.5) is 0 Å². The van der Waals surface area contributed by atoms with Crippen LogP contribution < -0.4 is 5.43 Å². The monoisotopic (exact) mass is 356 g/mol. The molecule has 4 aromatic carbocycles. The Morgan fingerprint density at radius 2 is 1.48 bits per heavy atom. The Balaban J connectivity index is 1.62. The molecule has 5 nitrogen and oxygen atoms in total. The molecule has 0 bridgehead atoms. The fourth-order valence-electron chi connectivity index (χ4n) is 3.05. The predicted octanol–water partition coefficient (Wildman–Crippen LogP) is 4.17. The smallest absolute Gasteiger partial charge is 0.275 e.